The van der Waals surface area contributed by atoms with E-state index in [1.54, 1.807) is 11.3 Å². The largest absolute Gasteiger partial charge is 0.490 e. The van der Waals surface area contributed by atoms with Crippen molar-refractivity contribution in [3.05, 3.63) is 33.8 Å². The van der Waals surface area contributed by atoms with Crippen molar-refractivity contribution in [2.75, 3.05) is 18.5 Å². The third-order valence-electron chi connectivity index (χ3n) is 3.48. The van der Waals surface area contributed by atoms with Crippen molar-refractivity contribution in [1.82, 2.24) is 4.98 Å². The van der Waals surface area contributed by atoms with E-state index in [1.165, 1.54) is 4.88 Å². The number of nitrogens with zero attached hydrogens (tertiary/aromatic N) is 2. The molecule has 0 bridgehead atoms. The number of guanidine groups is 1. The number of aromatic nitrogens is 1. The van der Waals surface area contributed by atoms with Gasteiger partial charge >= 0.3 is 0 Å². The second-order valence-electron chi connectivity index (χ2n) is 5.29. The highest BCUT2D eigenvalue weighted by Crippen LogP contribution is 2.32. The maximum Gasteiger partial charge on any atom is 0.193 e. The van der Waals surface area contributed by atoms with E-state index in [9.17, 15) is 0 Å². The van der Waals surface area contributed by atoms with E-state index in [-0.39, 0.29) is 0 Å². The fraction of sp³-hybridized carbons (Fsp3) is 0.375. The molecule has 0 aliphatic carbocycles. The number of fused-ring (bicyclic) bond motifs is 1. The van der Waals surface area contributed by atoms with Crippen LogP contribution in [0.2, 0.25) is 0 Å². The van der Waals surface area contributed by atoms with Crippen LogP contribution in [0, 0.1) is 13.8 Å². The molecule has 0 saturated carbocycles. The highest BCUT2D eigenvalue weighted by Gasteiger charge is 2.11. The Morgan fingerprint density at radius 3 is 2.83 bits per heavy atom. The van der Waals surface area contributed by atoms with Gasteiger partial charge in [0.1, 0.15) is 5.01 Å². The lowest BCUT2D eigenvalue weighted by atomic mass is 10.3. The molecule has 2 aromatic rings. The van der Waals surface area contributed by atoms with E-state index in [0.717, 1.165) is 34.3 Å². The number of hydrogen-bond donors (Lipinski definition) is 2. The zero-order chi connectivity index (χ0) is 16.2. The molecule has 1 aliphatic rings. The molecule has 6 nitrogen and oxygen atoms in total. The van der Waals surface area contributed by atoms with E-state index in [2.05, 4.69) is 22.2 Å². The lowest BCUT2D eigenvalue weighted by Crippen LogP contribution is -2.22. The highest BCUT2D eigenvalue weighted by atomic mass is 32.1. The third-order valence-corrected chi connectivity index (χ3v) is 4.54. The number of anilines is 1. The Bertz CT molecular complexity index is 707. The molecule has 0 saturated heterocycles. The fourth-order valence-corrected chi connectivity index (χ4v) is 3.05. The molecule has 0 amide bonds. The summed E-state index contributed by atoms with van der Waals surface area (Å²) in [5, 5.41) is 4.03. The average Bonchev–Trinajstić information content (AvgIpc) is 2.73. The molecule has 122 valence electrons. The lowest BCUT2D eigenvalue weighted by molar-refractivity contribution is 0.297. The summed E-state index contributed by atoms with van der Waals surface area (Å²) in [4.78, 5) is 10.00. The first kappa shape index (κ1) is 15.6. The number of thiazole rings is 1. The molecule has 1 aromatic carbocycles. The van der Waals surface area contributed by atoms with Gasteiger partial charge in [0.2, 0.25) is 0 Å². The third kappa shape index (κ3) is 3.92. The van der Waals surface area contributed by atoms with Gasteiger partial charge in [-0.05, 0) is 26.0 Å². The van der Waals surface area contributed by atoms with Crippen LogP contribution >= 0.6 is 11.3 Å². The monoisotopic (exact) mass is 332 g/mol. The van der Waals surface area contributed by atoms with Crippen LogP contribution in [-0.2, 0) is 6.54 Å². The predicted octanol–water partition coefficient (Wildman–Crippen LogP) is 2.85. The Balaban J connectivity index is 1.66. The van der Waals surface area contributed by atoms with Crippen molar-refractivity contribution < 1.29 is 9.47 Å². The Labute approximate surface area is 139 Å². The number of aliphatic imine (C=N–C) groups is 1. The van der Waals surface area contributed by atoms with Crippen molar-refractivity contribution in [3.8, 4) is 11.5 Å². The summed E-state index contributed by atoms with van der Waals surface area (Å²) < 4.78 is 11.3. The Kier molecular flexibility index (Phi) is 4.66. The van der Waals surface area contributed by atoms with Crippen molar-refractivity contribution in [2.24, 2.45) is 10.7 Å². The fourth-order valence-electron chi connectivity index (χ4n) is 2.19. The van der Waals surface area contributed by atoms with Crippen molar-refractivity contribution in [1.29, 1.82) is 0 Å². The molecule has 0 fully saturated rings. The maximum atomic E-state index is 5.95. The molecule has 7 heteroatoms. The first-order valence-electron chi connectivity index (χ1n) is 7.51. The van der Waals surface area contributed by atoms with Gasteiger partial charge in [0, 0.05) is 23.1 Å². The summed E-state index contributed by atoms with van der Waals surface area (Å²) in [5.41, 5.74) is 7.82. The van der Waals surface area contributed by atoms with Crippen molar-refractivity contribution >= 4 is 23.0 Å². The quantitative estimate of drug-likeness (QED) is 0.667. The zero-order valence-corrected chi connectivity index (χ0v) is 14.1. The second-order valence-corrected chi connectivity index (χ2v) is 6.58. The number of rotatable bonds is 3. The molecular formula is C16H20N4O2S. The number of benzene rings is 1. The molecule has 1 aliphatic heterocycles. The van der Waals surface area contributed by atoms with Gasteiger partial charge in [0.05, 0.1) is 25.5 Å². The first-order chi connectivity index (χ1) is 11.1. The molecule has 0 radical (unpaired) electrons. The van der Waals surface area contributed by atoms with Crippen LogP contribution < -0.4 is 20.5 Å². The van der Waals surface area contributed by atoms with Crippen LogP contribution in [0.3, 0.4) is 0 Å². The SMILES string of the molecule is Cc1nc(CN=C(N)Nc2ccc3c(c2)OCCCO3)sc1C. The van der Waals surface area contributed by atoms with Crippen molar-refractivity contribution in [2.45, 2.75) is 26.8 Å². The van der Waals surface area contributed by atoms with E-state index < -0.39 is 0 Å². The van der Waals surface area contributed by atoms with E-state index >= 15 is 0 Å². The van der Waals surface area contributed by atoms with Crippen LogP contribution in [0.15, 0.2) is 23.2 Å². The Morgan fingerprint density at radius 1 is 1.30 bits per heavy atom. The van der Waals surface area contributed by atoms with Crippen LogP contribution in [0.4, 0.5) is 5.69 Å². The van der Waals surface area contributed by atoms with E-state index in [4.69, 9.17) is 15.2 Å². The molecule has 3 N–H and O–H groups in total. The smallest absolute Gasteiger partial charge is 0.193 e. The van der Waals surface area contributed by atoms with Gasteiger partial charge in [0.25, 0.3) is 0 Å². The normalized spacial score (nSPS) is 14.4. The number of aryl methyl sites for hydroxylation is 2. The molecule has 0 atom stereocenters. The summed E-state index contributed by atoms with van der Waals surface area (Å²) in [6.45, 7) is 5.86. The molecule has 2 heterocycles. The molecule has 0 unspecified atom stereocenters. The van der Waals surface area contributed by atoms with Crippen LogP contribution in [0.1, 0.15) is 22.0 Å². The number of nitrogens with two attached hydrogens (primary N) is 1. The standard InChI is InChI=1S/C16H20N4O2S/c1-10-11(2)23-15(19-10)9-18-16(17)20-12-4-5-13-14(8-12)22-7-3-6-21-13/h4-5,8H,3,6-7,9H2,1-2H3,(H3,17,18,20). The van der Waals surface area contributed by atoms with Gasteiger partial charge in [-0.2, -0.15) is 0 Å². The zero-order valence-electron chi connectivity index (χ0n) is 13.3. The summed E-state index contributed by atoms with van der Waals surface area (Å²) in [7, 11) is 0. The number of nitrogens with one attached hydrogen (secondary N) is 1. The number of hydrogen-bond acceptors (Lipinski definition) is 5. The average molecular weight is 332 g/mol. The van der Waals surface area contributed by atoms with Gasteiger partial charge in [0.15, 0.2) is 17.5 Å². The molecule has 0 spiro atoms. The summed E-state index contributed by atoms with van der Waals surface area (Å²) in [5.74, 6) is 1.84. The minimum Gasteiger partial charge on any atom is -0.490 e. The number of ether oxygens (including phenoxy) is 2. The van der Waals surface area contributed by atoms with Crippen LogP contribution in [0.5, 0.6) is 11.5 Å². The lowest BCUT2D eigenvalue weighted by Gasteiger charge is -2.10. The first-order valence-corrected chi connectivity index (χ1v) is 8.33. The minimum atomic E-state index is 0.352. The van der Waals surface area contributed by atoms with E-state index in [0.29, 0.717) is 25.7 Å². The summed E-state index contributed by atoms with van der Waals surface area (Å²) >= 11 is 1.65. The predicted molar refractivity (Wildman–Crippen MR) is 92.6 cm³/mol. The maximum absolute atomic E-state index is 5.95. The second kappa shape index (κ2) is 6.87. The van der Waals surface area contributed by atoms with E-state index in [1.807, 2.05) is 25.1 Å². The summed E-state index contributed by atoms with van der Waals surface area (Å²) in [6.07, 6.45) is 0.883. The molecule has 1 aromatic heterocycles. The molecule has 3 rings (SSSR count). The van der Waals surface area contributed by atoms with Gasteiger partial charge in [-0.1, -0.05) is 0 Å². The minimum absolute atomic E-state index is 0.352. The molecule has 23 heavy (non-hydrogen) atoms. The Hall–Kier alpha value is -2.28. The highest BCUT2D eigenvalue weighted by molar-refractivity contribution is 7.11. The van der Waals surface area contributed by atoms with Gasteiger partial charge < -0.3 is 20.5 Å². The van der Waals surface area contributed by atoms with Crippen LogP contribution in [0.25, 0.3) is 0 Å². The van der Waals surface area contributed by atoms with Crippen LogP contribution in [-0.4, -0.2) is 24.2 Å². The van der Waals surface area contributed by atoms with Gasteiger partial charge in [-0.25, -0.2) is 9.98 Å². The van der Waals surface area contributed by atoms with Gasteiger partial charge in [-0.3, -0.25) is 0 Å². The van der Waals surface area contributed by atoms with Crippen molar-refractivity contribution in [3.63, 3.8) is 0 Å². The van der Waals surface area contributed by atoms with Gasteiger partial charge in [-0.15, -0.1) is 11.3 Å². The Morgan fingerprint density at radius 2 is 2.09 bits per heavy atom. The topological polar surface area (TPSA) is 81.8 Å². The molecular weight excluding hydrogens is 312 g/mol. The summed E-state index contributed by atoms with van der Waals surface area (Å²) in [6, 6.07) is 5.65.